The highest BCUT2D eigenvalue weighted by atomic mass is 32.2. The molecule has 0 heterocycles. The van der Waals surface area contributed by atoms with Crippen molar-refractivity contribution in [1.29, 1.82) is 5.41 Å². The van der Waals surface area contributed by atoms with Crippen LogP contribution in [0.15, 0.2) is 11.5 Å². The molecule has 0 bridgehead atoms. The minimum Gasteiger partial charge on any atom is -0.298 e. The molecule has 0 amide bonds. The number of hydrogen-bond donors (Lipinski definition) is 1. The maximum Gasteiger partial charge on any atom is 0.0714 e. The molecule has 0 unspecified atom stereocenters. The zero-order valence-electron chi connectivity index (χ0n) is 9.13. The van der Waals surface area contributed by atoms with Crippen LogP contribution < -0.4 is 0 Å². The Balaban J connectivity index is 3.85. The molecule has 0 aliphatic carbocycles. The molecule has 0 radical (unpaired) electrons. The normalized spacial score (nSPS) is 11.8. The molecule has 76 valence electrons. The van der Waals surface area contributed by atoms with Gasteiger partial charge in [-0.25, -0.2) is 0 Å². The molecule has 2 heteroatoms. The molecule has 13 heavy (non-hydrogen) atoms. The van der Waals surface area contributed by atoms with Gasteiger partial charge in [-0.15, -0.1) is 0 Å². The summed E-state index contributed by atoms with van der Waals surface area (Å²) in [4.78, 5) is 0. The lowest BCUT2D eigenvalue weighted by atomic mass is 10.1. The van der Waals surface area contributed by atoms with Crippen molar-refractivity contribution in [3.63, 3.8) is 0 Å². The Morgan fingerprint density at radius 2 is 1.85 bits per heavy atom. The third-order valence-electron chi connectivity index (χ3n) is 2.01. The fourth-order valence-corrected chi connectivity index (χ4v) is 2.09. The average molecular weight is 199 g/mol. The van der Waals surface area contributed by atoms with E-state index in [9.17, 15) is 0 Å². The van der Waals surface area contributed by atoms with Crippen LogP contribution in [0.4, 0.5) is 0 Å². The maximum atomic E-state index is 7.80. The standard InChI is InChI=1S/C11H21NS/c1-5-10(6-2)11(12)13-8-7-9(3)4/h7-10,12H,5-6H2,1-4H3/b8-7-,12-11?. The molecule has 0 aliphatic heterocycles. The monoisotopic (exact) mass is 199 g/mol. The summed E-state index contributed by atoms with van der Waals surface area (Å²) < 4.78 is 0. The molecule has 0 aromatic rings. The summed E-state index contributed by atoms with van der Waals surface area (Å²) in [6, 6.07) is 0. The Labute approximate surface area is 86.5 Å². The van der Waals surface area contributed by atoms with Gasteiger partial charge in [-0.2, -0.15) is 0 Å². The molecule has 0 atom stereocenters. The predicted molar refractivity (Wildman–Crippen MR) is 63.4 cm³/mol. The summed E-state index contributed by atoms with van der Waals surface area (Å²) in [5, 5.41) is 10.7. The van der Waals surface area contributed by atoms with Gasteiger partial charge >= 0.3 is 0 Å². The third-order valence-corrected chi connectivity index (χ3v) is 2.90. The second kappa shape index (κ2) is 7.19. The third kappa shape index (κ3) is 5.92. The summed E-state index contributed by atoms with van der Waals surface area (Å²) in [6.07, 6.45) is 4.30. The number of nitrogens with one attached hydrogen (secondary N) is 1. The fourth-order valence-electron chi connectivity index (χ4n) is 1.03. The van der Waals surface area contributed by atoms with Gasteiger partial charge in [0.2, 0.25) is 0 Å². The summed E-state index contributed by atoms with van der Waals surface area (Å²) in [5.74, 6) is 1.05. The lowest BCUT2D eigenvalue weighted by molar-refractivity contribution is 0.648. The average Bonchev–Trinajstić information content (AvgIpc) is 2.05. The van der Waals surface area contributed by atoms with Crippen LogP contribution in [-0.4, -0.2) is 5.04 Å². The van der Waals surface area contributed by atoms with Crippen molar-refractivity contribution < 1.29 is 0 Å². The maximum absolute atomic E-state index is 7.80. The first kappa shape index (κ1) is 12.8. The van der Waals surface area contributed by atoms with Crippen molar-refractivity contribution in [1.82, 2.24) is 0 Å². The number of rotatable bonds is 5. The molecule has 0 saturated carbocycles. The molecule has 0 fully saturated rings. The van der Waals surface area contributed by atoms with Crippen molar-refractivity contribution in [2.75, 3.05) is 0 Å². The molecule has 0 aromatic heterocycles. The molecule has 0 rings (SSSR count). The first-order valence-corrected chi connectivity index (χ1v) is 5.91. The van der Waals surface area contributed by atoms with Gasteiger partial charge in [-0.1, -0.05) is 45.5 Å². The zero-order chi connectivity index (χ0) is 10.3. The van der Waals surface area contributed by atoms with Gasteiger partial charge in [0.15, 0.2) is 0 Å². The lowest BCUT2D eigenvalue weighted by Gasteiger charge is -2.11. The van der Waals surface area contributed by atoms with Crippen molar-refractivity contribution in [3.05, 3.63) is 11.5 Å². The highest BCUT2D eigenvalue weighted by molar-refractivity contribution is 8.16. The van der Waals surface area contributed by atoms with Crippen LogP contribution in [0.25, 0.3) is 0 Å². The quantitative estimate of drug-likeness (QED) is 0.518. The van der Waals surface area contributed by atoms with Crippen LogP contribution in [0.2, 0.25) is 0 Å². The van der Waals surface area contributed by atoms with Crippen molar-refractivity contribution in [2.45, 2.75) is 40.5 Å². The topological polar surface area (TPSA) is 23.9 Å². The van der Waals surface area contributed by atoms with E-state index in [1.54, 1.807) is 11.8 Å². The smallest absolute Gasteiger partial charge is 0.0714 e. The van der Waals surface area contributed by atoms with Crippen LogP contribution in [0, 0.1) is 17.2 Å². The molecule has 1 nitrogen and oxygen atoms in total. The van der Waals surface area contributed by atoms with Crippen molar-refractivity contribution in [2.24, 2.45) is 11.8 Å². The molecule has 0 saturated heterocycles. The van der Waals surface area contributed by atoms with E-state index in [0.29, 0.717) is 11.8 Å². The predicted octanol–water partition coefficient (Wildman–Crippen LogP) is 4.30. The zero-order valence-corrected chi connectivity index (χ0v) is 9.95. The summed E-state index contributed by atoms with van der Waals surface area (Å²) in [6.45, 7) is 8.60. The number of thioether (sulfide) groups is 1. The largest absolute Gasteiger partial charge is 0.298 e. The molecule has 0 aromatic carbocycles. The Kier molecular flexibility index (Phi) is 7.06. The molecule has 1 N–H and O–H groups in total. The van der Waals surface area contributed by atoms with Crippen LogP contribution in [0.3, 0.4) is 0 Å². The lowest BCUT2D eigenvalue weighted by Crippen LogP contribution is -2.06. The van der Waals surface area contributed by atoms with Crippen LogP contribution in [0.1, 0.15) is 40.5 Å². The first-order chi connectivity index (χ1) is 6.11. The minimum absolute atomic E-state index is 0.460. The van der Waals surface area contributed by atoms with E-state index < -0.39 is 0 Å². The minimum atomic E-state index is 0.460. The van der Waals surface area contributed by atoms with Gasteiger partial charge in [-0.3, -0.25) is 5.41 Å². The van der Waals surface area contributed by atoms with E-state index in [0.717, 1.165) is 17.9 Å². The van der Waals surface area contributed by atoms with Crippen LogP contribution in [-0.2, 0) is 0 Å². The van der Waals surface area contributed by atoms with E-state index in [1.807, 2.05) is 5.41 Å². The van der Waals surface area contributed by atoms with Gasteiger partial charge < -0.3 is 0 Å². The van der Waals surface area contributed by atoms with E-state index in [-0.39, 0.29) is 0 Å². The van der Waals surface area contributed by atoms with Gasteiger partial charge in [0.25, 0.3) is 0 Å². The Hall–Kier alpha value is -0.240. The van der Waals surface area contributed by atoms with E-state index in [4.69, 9.17) is 5.41 Å². The molecule has 0 aliphatic rings. The van der Waals surface area contributed by atoms with E-state index in [1.165, 1.54) is 0 Å². The second-order valence-electron chi connectivity index (χ2n) is 3.57. The number of hydrogen-bond acceptors (Lipinski definition) is 2. The molecular weight excluding hydrogens is 178 g/mol. The van der Waals surface area contributed by atoms with Gasteiger partial charge in [0.1, 0.15) is 0 Å². The fraction of sp³-hybridized carbons (Fsp3) is 0.727. The Morgan fingerprint density at radius 1 is 1.31 bits per heavy atom. The van der Waals surface area contributed by atoms with E-state index >= 15 is 0 Å². The summed E-state index contributed by atoms with van der Waals surface area (Å²) >= 11 is 1.56. The second-order valence-corrected chi connectivity index (χ2v) is 4.52. The first-order valence-electron chi connectivity index (χ1n) is 5.03. The number of allylic oxidation sites excluding steroid dienone is 1. The van der Waals surface area contributed by atoms with Crippen molar-refractivity contribution in [3.8, 4) is 0 Å². The summed E-state index contributed by atoms with van der Waals surface area (Å²) in [7, 11) is 0. The van der Waals surface area contributed by atoms with Crippen LogP contribution >= 0.6 is 11.8 Å². The van der Waals surface area contributed by atoms with Crippen LogP contribution in [0.5, 0.6) is 0 Å². The Bertz CT molecular complexity index is 169. The summed E-state index contributed by atoms with van der Waals surface area (Å²) in [5.41, 5.74) is 0. The van der Waals surface area contributed by atoms with Crippen molar-refractivity contribution >= 4 is 16.8 Å². The molecular formula is C11H21NS. The van der Waals surface area contributed by atoms with Gasteiger partial charge in [0.05, 0.1) is 5.04 Å². The SMILES string of the molecule is CCC(CC)C(=N)S/C=C\C(C)C. The Morgan fingerprint density at radius 3 is 2.23 bits per heavy atom. The highest BCUT2D eigenvalue weighted by Gasteiger charge is 2.08. The van der Waals surface area contributed by atoms with Gasteiger partial charge in [-0.05, 0) is 24.2 Å². The van der Waals surface area contributed by atoms with E-state index in [2.05, 4.69) is 33.8 Å². The molecule has 0 spiro atoms. The highest BCUT2D eigenvalue weighted by Crippen LogP contribution is 2.19. The van der Waals surface area contributed by atoms with Gasteiger partial charge in [0, 0.05) is 5.92 Å².